The zero-order valence-electron chi connectivity index (χ0n) is 13.1. The van der Waals surface area contributed by atoms with Crippen molar-refractivity contribution in [2.24, 2.45) is 0 Å². The summed E-state index contributed by atoms with van der Waals surface area (Å²) in [5.74, 6) is -0.304. The Balaban J connectivity index is 1.53. The van der Waals surface area contributed by atoms with Crippen LogP contribution in [0.4, 0.5) is 0 Å². The van der Waals surface area contributed by atoms with E-state index in [4.69, 9.17) is 14.2 Å². The molecule has 1 aliphatic rings. The summed E-state index contributed by atoms with van der Waals surface area (Å²) in [6.07, 6.45) is -0.775. The minimum Gasteiger partial charge on any atom is -0.456 e. The molecule has 4 nitrogen and oxygen atoms in total. The van der Waals surface area contributed by atoms with Gasteiger partial charge < -0.3 is 14.2 Å². The Morgan fingerprint density at radius 1 is 0.917 bits per heavy atom. The van der Waals surface area contributed by atoms with Gasteiger partial charge in [0.1, 0.15) is 10.9 Å². The number of ether oxygens (including phenoxy) is 3. The Morgan fingerprint density at radius 2 is 1.50 bits per heavy atom. The number of cyclic esters (lactones) is 1. The van der Waals surface area contributed by atoms with Crippen LogP contribution in [0.5, 0.6) is 0 Å². The largest absolute Gasteiger partial charge is 0.456 e. The molecule has 1 unspecified atom stereocenters. The highest BCUT2D eigenvalue weighted by Crippen LogP contribution is 2.26. The Labute approximate surface area is 149 Å². The first kappa shape index (κ1) is 17.1. The standard InChI is InChI=1S/C19H19BrO4/c20-17-18(23-12-15-9-5-2-6-10-15)16(24-19(17)21)13-22-11-14-7-3-1-4-8-14/h1-10,16-18H,11-13H2/t16-,17-,18?/m1/s1. The van der Waals surface area contributed by atoms with Crippen molar-refractivity contribution >= 4 is 21.9 Å². The minimum absolute atomic E-state index is 0.304. The highest BCUT2D eigenvalue weighted by Gasteiger charge is 2.44. The molecule has 1 fully saturated rings. The van der Waals surface area contributed by atoms with Crippen LogP contribution in [-0.4, -0.2) is 29.6 Å². The zero-order chi connectivity index (χ0) is 16.8. The van der Waals surface area contributed by atoms with Crippen LogP contribution in [0.1, 0.15) is 11.1 Å². The molecule has 3 rings (SSSR count). The highest BCUT2D eigenvalue weighted by molar-refractivity contribution is 9.10. The van der Waals surface area contributed by atoms with E-state index in [1.165, 1.54) is 0 Å². The van der Waals surface area contributed by atoms with Crippen molar-refractivity contribution in [3.8, 4) is 0 Å². The molecule has 0 N–H and O–H groups in total. The number of alkyl halides is 1. The van der Waals surface area contributed by atoms with E-state index < -0.39 is 10.9 Å². The average molecular weight is 391 g/mol. The molecule has 24 heavy (non-hydrogen) atoms. The third kappa shape index (κ3) is 4.44. The van der Waals surface area contributed by atoms with Gasteiger partial charge in [-0.05, 0) is 11.1 Å². The number of carbonyl (C=O) groups is 1. The van der Waals surface area contributed by atoms with Crippen molar-refractivity contribution < 1.29 is 19.0 Å². The molecule has 1 aliphatic heterocycles. The Bertz CT molecular complexity index is 647. The summed E-state index contributed by atoms with van der Waals surface area (Å²) < 4.78 is 17.0. The normalized spacial score (nSPS) is 23.2. The fraction of sp³-hybridized carbons (Fsp3) is 0.316. The summed E-state index contributed by atoms with van der Waals surface area (Å²) >= 11 is 3.37. The molecule has 5 heteroatoms. The fourth-order valence-electron chi connectivity index (χ4n) is 2.56. The summed E-state index contributed by atoms with van der Waals surface area (Å²) in [4.78, 5) is 11.4. The summed E-state index contributed by atoms with van der Waals surface area (Å²) in [5.41, 5.74) is 2.14. The lowest BCUT2D eigenvalue weighted by Crippen LogP contribution is -2.33. The van der Waals surface area contributed by atoms with Crippen LogP contribution < -0.4 is 0 Å². The lowest BCUT2D eigenvalue weighted by atomic mass is 10.2. The SMILES string of the molecule is O=C1O[C@H](COCc2ccccc2)C(OCc2ccccc2)[C@H]1Br. The van der Waals surface area contributed by atoms with Crippen LogP contribution in [0.15, 0.2) is 60.7 Å². The molecular weight excluding hydrogens is 372 g/mol. The number of benzene rings is 2. The lowest BCUT2D eigenvalue weighted by Gasteiger charge is -2.19. The predicted octanol–water partition coefficient (Wildman–Crippen LogP) is 3.48. The van der Waals surface area contributed by atoms with Crippen molar-refractivity contribution in [1.82, 2.24) is 0 Å². The van der Waals surface area contributed by atoms with Crippen LogP contribution in [-0.2, 0) is 32.2 Å². The van der Waals surface area contributed by atoms with Crippen molar-refractivity contribution in [1.29, 1.82) is 0 Å². The molecule has 1 heterocycles. The topological polar surface area (TPSA) is 44.8 Å². The van der Waals surface area contributed by atoms with E-state index in [0.717, 1.165) is 11.1 Å². The van der Waals surface area contributed by atoms with E-state index in [2.05, 4.69) is 15.9 Å². The van der Waals surface area contributed by atoms with Gasteiger partial charge in [0.2, 0.25) is 0 Å². The molecule has 0 bridgehead atoms. The van der Waals surface area contributed by atoms with Gasteiger partial charge in [-0.1, -0.05) is 76.6 Å². The second kappa shape index (κ2) is 8.42. The lowest BCUT2D eigenvalue weighted by molar-refractivity contribution is -0.144. The molecule has 0 radical (unpaired) electrons. The van der Waals surface area contributed by atoms with Crippen molar-refractivity contribution in [2.45, 2.75) is 30.2 Å². The van der Waals surface area contributed by atoms with E-state index in [1.54, 1.807) is 0 Å². The van der Waals surface area contributed by atoms with Crippen LogP contribution >= 0.6 is 15.9 Å². The molecule has 2 aromatic carbocycles. The average Bonchev–Trinajstić information content (AvgIpc) is 2.89. The first-order valence-corrected chi connectivity index (χ1v) is 8.77. The van der Waals surface area contributed by atoms with Crippen LogP contribution in [0.3, 0.4) is 0 Å². The predicted molar refractivity (Wildman–Crippen MR) is 93.7 cm³/mol. The van der Waals surface area contributed by atoms with E-state index in [0.29, 0.717) is 19.8 Å². The maximum absolute atomic E-state index is 11.8. The minimum atomic E-state index is -0.466. The molecule has 0 saturated carbocycles. The number of hydrogen-bond donors (Lipinski definition) is 0. The van der Waals surface area contributed by atoms with Gasteiger partial charge in [-0.3, -0.25) is 4.79 Å². The molecule has 0 aromatic heterocycles. The molecular formula is C19H19BrO4. The molecule has 0 aliphatic carbocycles. The molecule has 2 aromatic rings. The van der Waals surface area contributed by atoms with Crippen molar-refractivity contribution in [2.75, 3.05) is 6.61 Å². The highest BCUT2D eigenvalue weighted by atomic mass is 79.9. The van der Waals surface area contributed by atoms with Crippen LogP contribution in [0.2, 0.25) is 0 Å². The monoisotopic (exact) mass is 390 g/mol. The maximum Gasteiger partial charge on any atom is 0.323 e. The molecule has 126 valence electrons. The smallest absolute Gasteiger partial charge is 0.323 e. The Kier molecular flexibility index (Phi) is 6.01. The molecule has 1 saturated heterocycles. The third-order valence-electron chi connectivity index (χ3n) is 3.83. The zero-order valence-corrected chi connectivity index (χ0v) is 14.7. The number of carbonyl (C=O) groups excluding carboxylic acids is 1. The molecule has 0 spiro atoms. The van der Waals surface area contributed by atoms with Gasteiger partial charge in [0, 0.05) is 0 Å². The number of rotatable bonds is 7. The van der Waals surface area contributed by atoms with Crippen LogP contribution in [0.25, 0.3) is 0 Å². The van der Waals surface area contributed by atoms with Gasteiger partial charge in [0.05, 0.1) is 19.8 Å². The summed E-state index contributed by atoms with van der Waals surface area (Å²) in [6.45, 7) is 1.22. The number of esters is 1. The summed E-state index contributed by atoms with van der Waals surface area (Å²) in [7, 11) is 0. The maximum atomic E-state index is 11.8. The van der Waals surface area contributed by atoms with Gasteiger partial charge in [0.25, 0.3) is 0 Å². The first-order valence-electron chi connectivity index (χ1n) is 7.86. The number of halogens is 1. The first-order chi connectivity index (χ1) is 11.7. The van der Waals surface area contributed by atoms with Gasteiger partial charge in [-0.2, -0.15) is 0 Å². The quantitative estimate of drug-likeness (QED) is 0.536. The van der Waals surface area contributed by atoms with Gasteiger partial charge in [-0.25, -0.2) is 0 Å². The Morgan fingerprint density at radius 3 is 2.12 bits per heavy atom. The summed E-state index contributed by atoms with van der Waals surface area (Å²) in [6, 6.07) is 19.7. The second-order valence-corrected chi connectivity index (χ2v) is 6.63. The molecule has 3 atom stereocenters. The summed E-state index contributed by atoms with van der Waals surface area (Å²) in [5, 5.41) is 0. The third-order valence-corrected chi connectivity index (χ3v) is 4.72. The Hall–Kier alpha value is -1.69. The molecule has 0 amide bonds. The van der Waals surface area contributed by atoms with E-state index in [9.17, 15) is 4.79 Å². The number of hydrogen-bond acceptors (Lipinski definition) is 4. The van der Waals surface area contributed by atoms with E-state index >= 15 is 0 Å². The van der Waals surface area contributed by atoms with Gasteiger partial charge in [0.15, 0.2) is 6.10 Å². The fourth-order valence-corrected chi connectivity index (χ4v) is 3.16. The van der Waals surface area contributed by atoms with Crippen molar-refractivity contribution in [3.63, 3.8) is 0 Å². The van der Waals surface area contributed by atoms with E-state index in [1.807, 2.05) is 60.7 Å². The van der Waals surface area contributed by atoms with Crippen LogP contribution in [0, 0.1) is 0 Å². The van der Waals surface area contributed by atoms with Gasteiger partial charge >= 0.3 is 5.97 Å². The van der Waals surface area contributed by atoms with Crippen molar-refractivity contribution in [3.05, 3.63) is 71.8 Å². The van der Waals surface area contributed by atoms with Gasteiger partial charge in [-0.15, -0.1) is 0 Å². The second-order valence-electron chi connectivity index (χ2n) is 5.64. The van der Waals surface area contributed by atoms with E-state index in [-0.39, 0.29) is 12.1 Å².